The van der Waals surface area contributed by atoms with Crippen molar-refractivity contribution < 1.29 is 53.3 Å². The molecule has 0 spiro atoms. The van der Waals surface area contributed by atoms with Crippen molar-refractivity contribution in [3.8, 4) is 0 Å². The molecule has 0 bridgehead atoms. The molecule has 0 rings (SSSR count). The second-order valence-corrected chi connectivity index (χ2v) is 0.610. The van der Waals surface area contributed by atoms with E-state index >= 15 is 0 Å². The normalized spacial score (nSPS) is 4.40. The third kappa shape index (κ3) is 26.4. The van der Waals surface area contributed by atoms with Gasteiger partial charge in [0.2, 0.25) is 0 Å². The predicted molar refractivity (Wildman–Crippen MR) is 26.1 cm³/mol. The molecule has 8 N–H and O–H groups in total. The van der Waals surface area contributed by atoms with Crippen LogP contribution in [-0.4, -0.2) is 38.6 Å². The molecule has 0 aromatic carbocycles. The number of carboxylic acids is 2. The number of carbonyl (C=O) groups is 2. The van der Waals surface area contributed by atoms with Crippen molar-refractivity contribution in [3.05, 3.63) is 0 Å². The minimum atomic E-state index is -1.82. The van der Waals surface area contributed by atoms with E-state index in [1.807, 2.05) is 0 Å². The quantitative estimate of drug-likeness (QED) is 0.307. The van der Waals surface area contributed by atoms with Gasteiger partial charge in [-0.25, -0.2) is 9.59 Å². The Labute approximate surface area is 66.1 Å². The van der Waals surface area contributed by atoms with Gasteiger partial charge >= 0.3 is 11.9 Å². The molecular weight excluding hydrogens is 191 g/mol. The molecule has 0 saturated heterocycles. The molecule has 0 aliphatic heterocycles. The Kier molecular flexibility index (Phi) is 54.3. The van der Waals surface area contributed by atoms with Crippen LogP contribution in [0.4, 0.5) is 0 Å². The number of rotatable bonds is 0. The van der Waals surface area contributed by atoms with Gasteiger partial charge in [0.15, 0.2) is 0 Å². The van der Waals surface area contributed by atoms with Crippen LogP contribution in [0.3, 0.4) is 0 Å². The van der Waals surface area contributed by atoms with Gasteiger partial charge in [-0.3, -0.25) is 0 Å². The summed E-state index contributed by atoms with van der Waals surface area (Å²) in [6, 6.07) is 0. The summed E-state index contributed by atoms with van der Waals surface area (Å²) in [6.07, 6.45) is 0. The van der Waals surface area contributed by atoms with Gasteiger partial charge in [0, 0.05) is 17.1 Å². The smallest absolute Gasteiger partial charge is 0.414 e. The topological polar surface area (TPSA) is 169 Å². The first-order valence-electron chi connectivity index (χ1n) is 1.11. The van der Waals surface area contributed by atoms with Crippen LogP contribution in [0.5, 0.6) is 0 Å². The largest absolute Gasteiger partial charge is 0.473 e. The van der Waals surface area contributed by atoms with Gasteiger partial charge < -0.3 is 26.6 Å². The molecule has 8 heteroatoms. The average Bonchev–Trinajstić information content (AvgIpc) is 1.36. The van der Waals surface area contributed by atoms with Crippen LogP contribution in [0.15, 0.2) is 0 Å². The molecule has 0 heterocycles. The molecular formula is C2H8MnO7. The van der Waals surface area contributed by atoms with E-state index < -0.39 is 11.9 Å². The third-order valence-corrected chi connectivity index (χ3v) is 0.183. The molecule has 65 valence electrons. The summed E-state index contributed by atoms with van der Waals surface area (Å²) < 4.78 is 0. The molecule has 0 aromatic rings. The van der Waals surface area contributed by atoms with E-state index in [4.69, 9.17) is 19.8 Å². The number of hydrogen-bond donors (Lipinski definition) is 2. The van der Waals surface area contributed by atoms with Crippen LogP contribution in [0.2, 0.25) is 0 Å². The zero-order valence-corrected chi connectivity index (χ0v) is 5.77. The van der Waals surface area contributed by atoms with E-state index in [1.165, 1.54) is 0 Å². The molecule has 0 atom stereocenters. The van der Waals surface area contributed by atoms with Crippen molar-refractivity contribution in [2.75, 3.05) is 0 Å². The summed E-state index contributed by atoms with van der Waals surface area (Å²) in [4.78, 5) is 18.2. The monoisotopic (exact) mass is 199 g/mol. The maximum Gasteiger partial charge on any atom is 0.414 e. The van der Waals surface area contributed by atoms with Crippen molar-refractivity contribution in [2.45, 2.75) is 0 Å². The molecule has 0 aromatic heterocycles. The predicted octanol–water partition coefficient (Wildman–Crippen LogP) is -3.32. The second-order valence-electron chi connectivity index (χ2n) is 0.610. The van der Waals surface area contributed by atoms with Crippen LogP contribution in [-0.2, 0) is 26.7 Å². The van der Waals surface area contributed by atoms with E-state index in [0.717, 1.165) is 0 Å². The Morgan fingerprint density at radius 3 is 0.900 bits per heavy atom. The summed E-state index contributed by atoms with van der Waals surface area (Å²) >= 11 is 0. The minimum Gasteiger partial charge on any atom is -0.473 e. The molecule has 0 saturated carbocycles. The molecule has 7 nitrogen and oxygen atoms in total. The summed E-state index contributed by atoms with van der Waals surface area (Å²) in [7, 11) is 0. The van der Waals surface area contributed by atoms with Gasteiger partial charge in [-0.2, -0.15) is 0 Å². The standard InChI is InChI=1S/C2H2O4.Mn.3H2O/c3-1(4)2(5)6;;;;/h(H,3,4)(H,5,6);;3*1H2. The van der Waals surface area contributed by atoms with Crippen LogP contribution in [0.1, 0.15) is 0 Å². The SMILES string of the molecule is O.O.O.O=C(O)C(=O)O.[Mn]. The minimum absolute atomic E-state index is 0. The summed E-state index contributed by atoms with van der Waals surface area (Å²) in [5, 5.41) is 14.8. The molecule has 0 amide bonds. The van der Waals surface area contributed by atoms with E-state index in [0.29, 0.717) is 0 Å². The van der Waals surface area contributed by atoms with Gasteiger partial charge in [-0.1, -0.05) is 0 Å². The fraction of sp³-hybridized carbons (Fsp3) is 0. The summed E-state index contributed by atoms with van der Waals surface area (Å²) in [6.45, 7) is 0. The average molecular weight is 199 g/mol. The van der Waals surface area contributed by atoms with Gasteiger partial charge in [-0.15, -0.1) is 0 Å². The van der Waals surface area contributed by atoms with Gasteiger partial charge in [0.1, 0.15) is 0 Å². The second kappa shape index (κ2) is 15.8. The Balaban J connectivity index is -0.0000000208. The maximum atomic E-state index is 9.10. The van der Waals surface area contributed by atoms with E-state index in [1.54, 1.807) is 0 Å². The molecule has 0 fully saturated rings. The Bertz CT molecular complexity index is 77.6. The first kappa shape index (κ1) is 34.5. The fourth-order valence-electron chi connectivity index (χ4n) is 0. The Morgan fingerprint density at radius 1 is 0.800 bits per heavy atom. The van der Waals surface area contributed by atoms with Crippen LogP contribution in [0.25, 0.3) is 0 Å². The van der Waals surface area contributed by atoms with Crippen molar-refractivity contribution in [1.29, 1.82) is 0 Å². The van der Waals surface area contributed by atoms with Crippen molar-refractivity contribution in [3.63, 3.8) is 0 Å². The van der Waals surface area contributed by atoms with Crippen LogP contribution < -0.4 is 0 Å². The van der Waals surface area contributed by atoms with Crippen molar-refractivity contribution >= 4 is 11.9 Å². The van der Waals surface area contributed by atoms with Crippen molar-refractivity contribution in [1.82, 2.24) is 0 Å². The first-order chi connectivity index (χ1) is 2.64. The number of carboxylic acid groups (broad SMARTS) is 2. The van der Waals surface area contributed by atoms with E-state index in [9.17, 15) is 0 Å². The molecule has 0 aliphatic rings. The first-order valence-corrected chi connectivity index (χ1v) is 1.11. The molecule has 0 aliphatic carbocycles. The third-order valence-electron chi connectivity index (χ3n) is 0.183. The summed E-state index contributed by atoms with van der Waals surface area (Å²) in [5.41, 5.74) is 0. The van der Waals surface area contributed by atoms with Crippen LogP contribution in [0, 0.1) is 0 Å². The zero-order chi connectivity index (χ0) is 5.15. The number of aliphatic carboxylic acids is 2. The molecule has 10 heavy (non-hydrogen) atoms. The van der Waals surface area contributed by atoms with Gasteiger partial charge in [-0.05, 0) is 0 Å². The zero-order valence-electron chi connectivity index (χ0n) is 4.59. The molecule has 0 unspecified atom stereocenters. The van der Waals surface area contributed by atoms with Gasteiger partial charge in [0.25, 0.3) is 0 Å². The summed E-state index contributed by atoms with van der Waals surface area (Å²) in [5.74, 6) is -3.65. The Morgan fingerprint density at radius 2 is 0.900 bits per heavy atom. The van der Waals surface area contributed by atoms with E-state index in [-0.39, 0.29) is 33.5 Å². The molecule has 1 radical (unpaired) electrons. The number of hydrogen-bond acceptors (Lipinski definition) is 2. The van der Waals surface area contributed by atoms with Crippen LogP contribution >= 0.6 is 0 Å². The maximum absolute atomic E-state index is 9.10. The van der Waals surface area contributed by atoms with Gasteiger partial charge in [0.05, 0.1) is 0 Å². The Hall–Kier alpha value is -0.661. The van der Waals surface area contributed by atoms with E-state index in [2.05, 4.69) is 0 Å². The fourth-order valence-corrected chi connectivity index (χ4v) is 0. The van der Waals surface area contributed by atoms with Crippen molar-refractivity contribution in [2.24, 2.45) is 0 Å².